The highest BCUT2D eigenvalue weighted by Gasteiger charge is 2.51. The van der Waals surface area contributed by atoms with Gasteiger partial charge in [-0.25, -0.2) is 0 Å². The lowest BCUT2D eigenvalue weighted by atomic mass is 9.84. The molecule has 2 atom stereocenters. The summed E-state index contributed by atoms with van der Waals surface area (Å²) < 4.78 is 23.7. The topological polar surface area (TPSA) is 121 Å². The number of fused-ring (bicyclic) bond motifs is 2. The molecule has 1 fully saturated rings. The third kappa shape index (κ3) is 12.9. The molecule has 3 aliphatic rings. The molecule has 278 valence electrons. The van der Waals surface area contributed by atoms with E-state index >= 15 is 0 Å². The Hall–Kier alpha value is -2.51. The number of unbranched alkanes of at least 4 members (excludes halogenated alkanes) is 11. The molecule has 0 amide bonds. The van der Waals surface area contributed by atoms with E-state index in [9.17, 15) is 4.89 Å². The monoisotopic (exact) mass is 711 g/mol. The van der Waals surface area contributed by atoms with Crippen LogP contribution in [0.2, 0.25) is 0 Å². The van der Waals surface area contributed by atoms with Gasteiger partial charge in [-0.3, -0.25) is 10.4 Å². The summed E-state index contributed by atoms with van der Waals surface area (Å²) in [5.41, 5.74) is 3.62. The van der Waals surface area contributed by atoms with Gasteiger partial charge in [-0.2, -0.15) is 0 Å². The lowest BCUT2D eigenvalue weighted by molar-refractivity contribution is -0.117. The van der Waals surface area contributed by atoms with E-state index in [1.165, 1.54) is 81.8 Å². The van der Waals surface area contributed by atoms with Gasteiger partial charge in [-0.15, -0.1) is 0 Å². The molecule has 2 unspecified atom stereocenters. The Morgan fingerprint density at radius 3 is 2.52 bits per heavy atom. The molecular formula is C39H62N5O5P. The number of benzene rings is 1. The quantitative estimate of drug-likeness (QED) is 0.0393. The van der Waals surface area contributed by atoms with E-state index in [0.717, 1.165) is 18.6 Å². The minimum Gasteiger partial charge on any atom is -0.374 e. The first kappa shape index (κ1) is 40.3. The van der Waals surface area contributed by atoms with Gasteiger partial charge in [0.1, 0.15) is 30.6 Å². The van der Waals surface area contributed by atoms with E-state index in [2.05, 4.69) is 52.6 Å². The van der Waals surface area contributed by atoms with Crippen molar-refractivity contribution in [1.29, 1.82) is 5.41 Å². The molecule has 1 aromatic rings. The van der Waals surface area contributed by atoms with Gasteiger partial charge >= 0.3 is 0 Å². The van der Waals surface area contributed by atoms with Gasteiger partial charge < -0.3 is 39.4 Å². The molecule has 1 aromatic carbocycles. The fraction of sp³-hybridized carbons (Fsp3) is 0.692. The lowest BCUT2D eigenvalue weighted by Crippen LogP contribution is -2.61. The summed E-state index contributed by atoms with van der Waals surface area (Å²) in [4.78, 5) is 16.2. The number of amidine groups is 1. The zero-order valence-electron chi connectivity index (χ0n) is 30.9. The molecule has 3 heterocycles. The molecule has 4 N–H and O–H groups in total. The summed E-state index contributed by atoms with van der Waals surface area (Å²) in [5.74, 6) is 7.52. The van der Waals surface area contributed by atoms with Crippen molar-refractivity contribution in [3.8, 4) is 11.8 Å². The van der Waals surface area contributed by atoms with E-state index < -0.39 is 13.7 Å². The van der Waals surface area contributed by atoms with Crippen LogP contribution < -0.4 is 10.6 Å². The van der Waals surface area contributed by atoms with Crippen LogP contribution in [0.4, 0.5) is 0 Å². The van der Waals surface area contributed by atoms with Crippen molar-refractivity contribution in [2.75, 3.05) is 66.2 Å². The fourth-order valence-corrected chi connectivity index (χ4v) is 7.06. The number of likely N-dealkylation sites (tertiary alicyclic amines) is 1. The van der Waals surface area contributed by atoms with Crippen LogP contribution in [0, 0.1) is 17.3 Å². The fourth-order valence-electron chi connectivity index (χ4n) is 6.70. The van der Waals surface area contributed by atoms with Gasteiger partial charge in [0.25, 0.3) is 0 Å². The summed E-state index contributed by atoms with van der Waals surface area (Å²) in [6, 6.07) is 6.36. The maximum Gasteiger partial charge on any atom is 0.133 e. The normalized spacial score (nSPS) is 20.4. The zero-order chi connectivity index (χ0) is 35.4. The smallest absolute Gasteiger partial charge is 0.133 e. The lowest BCUT2D eigenvalue weighted by Gasteiger charge is -2.49. The standard InChI is InChI=1S/C39H62N5O5P/c1-4-5-6-7-8-9-10-11-12-13-14-15-22-46-23-16-17-32-18-19-36-33(24-32)26-49-39(36)28-44(29-39)37(40)35-25-42-21-20-34(27-47-31-50(3)45)48-30-43-38(35)41-2/h18-19,24-25,34,40-41,43,45H,4-15,20-23,26-31H2,1-3H3/b38-35+,40-37?,42-25?. The van der Waals surface area contributed by atoms with Crippen LogP contribution in [0.1, 0.15) is 107 Å². The summed E-state index contributed by atoms with van der Waals surface area (Å²) >= 11 is 0. The van der Waals surface area contributed by atoms with Gasteiger partial charge in [0.2, 0.25) is 0 Å². The van der Waals surface area contributed by atoms with Crippen LogP contribution in [-0.4, -0.2) is 94.2 Å². The molecule has 0 aromatic heterocycles. The first-order chi connectivity index (χ1) is 24.5. The van der Waals surface area contributed by atoms with Crippen molar-refractivity contribution >= 4 is 20.2 Å². The molecule has 11 heteroatoms. The molecule has 1 saturated heterocycles. The number of ether oxygens (including phenoxy) is 4. The molecule has 0 radical (unpaired) electrons. The number of hydrogen-bond acceptors (Lipinski definition) is 9. The molecule has 4 rings (SSSR count). The van der Waals surface area contributed by atoms with Crippen LogP contribution >= 0.6 is 8.15 Å². The average molecular weight is 712 g/mol. The second-order valence-corrected chi connectivity index (χ2v) is 15.3. The highest BCUT2D eigenvalue weighted by molar-refractivity contribution is 7.50. The molecule has 10 nitrogen and oxygen atoms in total. The van der Waals surface area contributed by atoms with Crippen molar-refractivity contribution in [1.82, 2.24) is 15.5 Å². The Morgan fingerprint density at radius 2 is 1.82 bits per heavy atom. The number of rotatable bonds is 20. The van der Waals surface area contributed by atoms with Crippen LogP contribution in [0.5, 0.6) is 0 Å². The number of aliphatic imine (C=N–C) groups is 1. The summed E-state index contributed by atoms with van der Waals surface area (Å²) in [5, 5.41) is 15.5. The van der Waals surface area contributed by atoms with Gasteiger partial charge in [-0.05, 0) is 42.8 Å². The maximum absolute atomic E-state index is 9.52. The Bertz CT molecular complexity index is 1300. The van der Waals surface area contributed by atoms with Crippen molar-refractivity contribution in [3.05, 3.63) is 46.3 Å². The Labute approximate surface area is 302 Å². The second-order valence-electron chi connectivity index (χ2n) is 13.7. The SMILES string of the molecule is CCCCCCCCCCCCCCOCC#Cc1ccc2c(c1)COC21CN(C(=N)/C2=C(\NC)NCOC(COCP(C)O)CCN=C2)C1. The molecule has 0 aliphatic carbocycles. The predicted molar refractivity (Wildman–Crippen MR) is 204 cm³/mol. The second kappa shape index (κ2) is 22.4. The van der Waals surface area contributed by atoms with Crippen LogP contribution in [0.15, 0.2) is 34.6 Å². The third-order valence-corrected chi connectivity index (χ3v) is 10.1. The summed E-state index contributed by atoms with van der Waals surface area (Å²) in [7, 11) is 0.728. The molecule has 50 heavy (non-hydrogen) atoms. The van der Waals surface area contributed by atoms with Crippen molar-refractivity contribution < 1.29 is 23.8 Å². The van der Waals surface area contributed by atoms with E-state index in [0.29, 0.717) is 69.5 Å². The molecule has 0 saturated carbocycles. The average Bonchev–Trinajstić information content (AvgIpc) is 3.48. The molecule has 3 aliphatic heterocycles. The molecular weight excluding hydrogens is 649 g/mol. The van der Waals surface area contributed by atoms with E-state index in [1.807, 2.05) is 11.9 Å². The largest absolute Gasteiger partial charge is 0.374 e. The first-order valence-electron chi connectivity index (χ1n) is 18.9. The van der Waals surface area contributed by atoms with Gasteiger partial charge in [-0.1, -0.05) is 95.5 Å². The van der Waals surface area contributed by atoms with E-state index in [4.69, 9.17) is 24.4 Å². The minimum absolute atomic E-state index is 0.128. The maximum atomic E-state index is 9.52. The Kier molecular flexibility index (Phi) is 18.1. The van der Waals surface area contributed by atoms with E-state index in [-0.39, 0.29) is 12.8 Å². The Balaban J connectivity index is 1.15. The van der Waals surface area contributed by atoms with Crippen LogP contribution in [-0.2, 0) is 31.2 Å². The first-order valence-corrected chi connectivity index (χ1v) is 20.8. The van der Waals surface area contributed by atoms with E-state index in [1.54, 1.807) is 12.9 Å². The van der Waals surface area contributed by atoms with Crippen molar-refractivity contribution in [2.24, 2.45) is 4.99 Å². The zero-order valence-corrected chi connectivity index (χ0v) is 31.8. The van der Waals surface area contributed by atoms with Gasteiger partial charge in [0.05, 0.1) is 44.3 Å². The highest BCUT2D eigenvalue weighted by Crippen LogP contribution is 2.44. The predicted octanol–water partition coefficient (Wildman–Crippen LogP) is 6.61. The van der Waals surface area contributed by atoms with Crippen molar-refractivity contribution in [3.63, 3.8) is 0 Å². The minimum atomic E-state index is -1.09. The number of nitrogens with one attached hydrogen (secondary N) is 3. The van der Waals surface area contributed by atoms with Gasteiger partial charge in [0, 0.05) is 40.1 Å². The Morgan fingerprint density at radius 1 is 1.10 bits per heavy atom. The van der Waals surface area contributed by atoms with Crippen molar-refractivity contribution in [2.45, 2.75) is 109 Å². The molecule has 1 spiro atoms. The van der Waals surface area contributed by atoms with Crippen LogP contribution in [0.3, 0.4) is 0 Å². The highest BCUT2D eigenvalue weighted by atomic mass is 31.1. The third-order valence-electron chi connectivity index (χ3n) is 9.58. The molecule has 0 bridgehead atoms. The number of hydrogen-bond donors (Lipinski definition) is 4. The van der Waals surface area contributed by atoms with Gasteiger partial charge in [0.15, 0.2) is 0 Å². The summed E-state index contributed by atoms with van der Waals surface area (Å²) in [6.07, 6.45) is 18.8. The number of nitrogens with zero attached hydrogens (tertiary/aromatic N) is 2. The van der Waals surface area contributed by atoms with Crippen LogP contribution in [0.25, 0.3) is 0 Å². The summed E-state index contributed by atoms with van der Waals surface area (Å²) in [6.45, 7) is 8.27.